The first-order chi connectivity index (χ1) is 14.2. The van der Waals surface area contributed by atoms with Gasteiger partial charge in [-0.1, -0.05) is 84.4 Å². The molecule has 0 aliphatic heterocycles. The van der Waals surface area contributed by atoms with Crippen molar-refractivity contribution in [2.24, 2.45) is 4.99 Å². The summed E-state index contributed by atoms with van der Waals surface area (Å²) in [4.78, 5) is 5.51. The number of hydrogen-bond acceptors (Lipinski definition) is 2. The van der Waals surface area contributed by atoms with E-state index < -0.39 is 0 Å². The van der Waals surface area contributed by atoms with Crippen LogP contribution in [-0.2, 0) is 6.42 Å². The van der Waals surface area contributed by atoms with Crippen LogP contribution >= 0.6 is 24.2 Å². The van der Waals surface area contributed by atoms with Gasteiger partial charge < -0.3 is 0 Å². The van der Waals surface area contributed by atoms with E-state index in [1.807, 2.05) is 24.3 Å². The number of allylic oxidation sites excluding steroid dienone is 2. The third-order valence-electron chi connectivity index (χ3n) is 4.94. The molecule has 0 aromatic heterocycles. The van der Waals surface area contributed by atoms with Crippen molar-refractivity contribution < 1.29 is 0 Å². The number of nitrogens with zero attached hydrogens (tertiary/aromatic N) is 1. The van der Waals surface area contributed by atoms with Crippen molar-refractivity contribution in [1.29, 1.82) is 0 Å². The van der Waals surface area contributed by atoms with Crippen LogP contribution in [0.15, 0.2) is 99.8 Å². The minimum absolute atomic E-state index is 0.740. The number of rotatable bonds is 8. The van der Waals surface area contributed by atoms with Gasteiger partial charge in [-0.3, -0.25) is 4.99 Å². The Morgan fingerprint density at radius 2 is 1.38 bits per heavy atom. The number of unbranched alkanes of at least 4 members (excludes halogenated alkanes) is 1. The maximum Gasteiger partial charge on any atom is 0.0832 e. The average molecular weight is 420 g/mol. The van der Waals surface area contributed by atoms with Gasteiger partial charge in [0.15, 0.2) is 0 Å². The second kappa shape index (κ2) is 11.0. The number of halogens is 1. The van der Waals surface area contributed by atoms with Gasteiger partial charge >= 0.3 is 0 Å². The molecule has 3 aromatic rings. The standard InChI is InChI=1S/C26H26ClNS/c1-28-26(22-13-6-3-7-14-22)25(27)24(21-11-4-2-5-12-21)15-9-8-10-20-16-18-23(29)19-17-20/h2-7,11-14,16-19,29H,8-10,15H2,1H3/b25-24-,28-26?. The van der Waals surface area contributed by atoms with Crippen LogP contribution in [0.25, 0.3) is 5.57 Å². The van der Waals surface area contributed by atoms with E-state index in [1.165, 1.54) is 5.56 Å². The van der Waals surface area contributed by atoms with Crippen molar-refractivity contribution in [3.05, 3.63) is 107 Å². The van der Waals surface area contributed by atoms with E-state index >= 15 is 0 Å². The van der Waals surface area contributed by atoms with Crippen molar-refractivity contribution in [3.8, 4) is 0 Å². The first-order valence-electron chi connectivity index (χ1n) is 9.93. The Kier molecular flexibility index (Phi) is 8.15. The van der Waals surface area contributed by atoms with Crippen LogP contribution in [0.1, 0.15) is 36.0 Å². The van der Waals surface area contributed by atoms with Crippen molar-refractivity contribution in [3.63, 3.8) is 0 Å². The van der Waals surface area contributed by atoms with Gasteiger partial charge in [0, 0.05) is 17.5 Å². The molecular weight excluding hydrogens is 394 g/mol. The molecule has 3 rings (SSSR count). The van der Waals surface area contributed by atoms with E-state index in [0.29, 0.717) is 0 Å². The monoisotopic (exact) mass is 419 g/mol. The van der Waals surface area contributed by atoms with Crippen LogP contribution in [0.3, 0.4) is 0 Å². The summed E-state index contributed by atoms with van der Waals surface area (Å²) in [5.41, 5.74) is 5.55. The number of aliphatic imine (C=N–C) groups is 1. The SMILES string of the molecule is CN=C(/C(Cl)=C(\CCCCc1ccc(S)cc1)c1ccccc1)c1ccccc1. The summed E-state index contributed by atoms with van der Waals surface area (Å²) in [7, 11) is 1.80. The Morgan fingerprint density at radius 3 is 1.97 bits per heavy atom. The molecule has 0 spiro atoms. The number of aryl methyl sites for hydroxylation is 1. The summed E-state index contributed by atoms with van der Waals surface area (Å²) in [6.45, 7) is 0. The van der Waals surface area contributed by atoms with Gasteiger partial charge in [-0.2, -0.15) is 0 Å². The zero-order chi connectivity index (χ0) is 20.5. The smallest absolute Gasteiger partial charge is 0.0832 e. The molecule has 1 nitrogen and oxygen atoms in total. The van der Waals surface area contributed by atoms with Crippen LogP contribution in [-0.4, -0.2) is 12.8 Å². The predicted molar refractivity (Wildman–Crippen MR) is 129 cm³/mol. The van der Waals surface area contributed by atoms with E-state index in [9.17, 15) is 0 Å². The van der Waals surface area contributed by atoms with Gasteiger partial charge in [-0.15, -0.1) is 12.6 Å². The molecule has 0 bridgehead atoms. The van der Waals surface area contributed by atoms with E-state index in [0.717, 1.165) is 58.0 Å². The Labute approximate surface area is 184 Å². The highest BCUT2D eigenvalue weighted by atomic mass is 35.5. The highest BCUT2D eigenvalue weighted by Crippen LogP contribution is 2.30. The molecule has 0 amide bonds. The fourth-order valence-corrected chi connectivity index (χ4v) is 3.95. The minimum Gasteiger partial charge on any atom is -0.286 e. The summed E-state index contributed by atoms with van der Waals surface area (Å²) in [6, 6.07) is 29.0. The van der Waals surface area contributed by atoms with Gasteiger partial charge in [0.2, 0.25) is 0 Å². The summed E-state index contributed by atoms with van der Waals surface area (Å²) >= 11 is 11.3. The molecule has 3 heteroatoms. The van der Waals surface area contributed by atoms with Crippen LogP contribution in [0.2, 0.25) is 0 Å². The van der Waals surface area contributed by atoms with Gasteiger partial charge in [0.25, 0.3) is 0 Å². The van der Waals surface area contributed by atoms with E-state index in [1.54, 1.807) is 7.05 Å². The number of thiol groups is 1. The summed E-state index contributed by atoms with van der Waals surface area (Å²) in [5.74, 6) is 0. The van der Waals surface area contributed by atoms with Gasteiger partial charge in [-0.25, -0.2) is 0 Å². The molecule has 0 unspecified atom stereocenters. The van der Waals surface area contributed by atoms with Gasteiger partial charge in [-0.05, 0) is 54.5 Å². The Hall–Kier alpha value is -2.29. The fourth-order valence-electron chi connectivity index (χ4n) is 3.41. The van der Waals surface area contributed by atoms with Crippen molar-refractivity contribution >= 4 is 35.5 Å². The molecule has 0 N–H and O–H groups in total. The van der Waals surface area contributed by atoms with E-state index in [4.69, 9.17) is 11.6 Å². The molecular formula is C26H26ClNS. The Morgan fingerprint density at radius 1 is 0.793 bits per heavy atom. The summed E-state index contributed by atoms with van der Waals surface area (Å²) < 4.78 is 0. The average Bonchev–Trinajstić information content (AvgIpc) is 2.77. The van der Waals surface area contributed by atoms with Crippen molar-refractivity contribution in [2.75, 3.05) is 7.05 Å². The molecule has 148 valence electrons. The first kappa shape index (κ1) is 21.4. The largest absolute Gasteiger partial charge is 0.286 e. The summed E-state index contributed by atoms with van der Waals surface area (Å²) in [6.07, 6.45) is 4.14. The first-order valence-corrected chi connectivity index (χ1v) is 10.8. The maximum atomic E-state index is 6.94. The molecule has 0 aliphatic rings. The molecule has 0 saturated heterocycles. The van der Waals surface area contributed by atoms with Crippen LogP contribution in [0.4, 0.5) is 0 Å². The highest BCUT2D eigenvalue weighted by Gasteiger charge is 2.14. The predicted octanol–water partition coefficient (Wildman–Crippen LogP) is 7.46. The second-order valence-electron chi connectivity index (χ2n) is 6.97. The van der Waals surface area contributed by atoms with Crippen LogP contribution < -0.4 is 0 Å². The zero-order valence-electron chi connectivity index (χ0n) is 16.7. The third-order valence-corrected chi connectivity index (χ3v) is 5.65. The molecule has 0 aliphatic carbocycles. The highest BCUT2D eigenvalue weighted by molar-refractivity contribution is 7.80. The van der Waals surface area contributed by atoms with Crippen LogP contribution in [0.5, 0.6) is 0 Å². The second-order valence-corrected chi connectivity index (χ2v) is 7.86. The molecule has 0 saturated carbocycles. The minimum atomic E-state index is 0.740. The zero-order valence-corrected chi connectivity index (χ0v) is 18.3. The lowest BCUT2D eigenvalue weighted by atomic mass is 9.95. The maximum absolute atomic E-state index is 6.94. The van der Waals surface area contributed by atoms with Crippen LogP contribution in [0, 0.1) is 0 Å². The van der Waals surface area contributed by atoms with Crippen molar-refractivity contribution in [1.82, 2.24) is 0 Å². The topological polar surface area (TPSA) is 12.4 Å². The van der Waals surface area contributed by atoms with Gasteiger partial charge in [0.05, 0.1) is 10.7 Å². The molecule has 0 fully saturated rings. The van der Waals surface area contributed by atoms with E-state index in [2.05, 4.69) is 78.3 Å². The lowest BCUT2D eigenvalue weighted by molar-refractivity contribution is 0.754. The molecule has 0 atom stereocenters. The number of hydrogen-bond donors (Lipinski definition) is 1. The lowest BCUT2D eigenvalue weighted by Gasteiger charge is -2.14. The Balaban J connectivity index is 1.79. The third kappa shape index (κ3) is 6.09. The normalized spacial score (nSPS) is 12.6. The van der Waals surface area contributed by atoms with E-state index in [-0.39, 0.29) is 0 Å². The fraction of sp³-hybridized carbons (Fsp3) is 0.192. The molecule has 29 heavy (non-hydrogen) atoms. The number of benzene rings is 3. The lowest BCUT2D eigenvalue weighted by Crippen LogP contribution is -2.04. The molecule has 3 aromatic carbocycles. The molecule has 0 radical (unpaired) electrons. The Bertz CT molecular complexity index is 961. The quantitative estimate of drug-likeness (QED) is 0.221. The van der Waals surface area contributed by atoms with Crippen molar-refractivity contribution in [2.45, 2.75) is 30.6 Å². The summed E-state index contributed by atoms with van der Waals surface area (Å²) in [5, 5.41) is 0.740. The molecule has 0 heterocycles. The van der Waals surface area contributed by atoms with Gasteiger partial charge in [0.1, 0.15) is 0 Å².